The summed E-state index contributed by atoms with van der Waals surface area (Å²) in [6.07, 6.45) is 5.18. The summed E-state index contributed by atoms with van der Waals surface area (Å²) in [6.45, 7) is 6.91. The average Bonchev–Trinajstić information content (AvgIpc) is 2.05. The number of rotatable bonds is 2. The van der Waals surface area contributed by atoms with Gasteiger partial charge in [0.25, 0.3) is 0 Å². The van der Waals surface area contributed by atoms with Crippen LogP contribution in [-0.2, 0) is 4.74 Å². The van der Waals surface area contributed by atoms with Crippen molar-refractivity contribution < 1.29 is 4.74 Å². The summed E-state index contributed by atoms with van der Waals surface area (Å²) in [5.41, 5.74) is 0.186. The lowest BCUT2D eigenvalue weighted by Crippen LogP contribution is -2.33. The molecule has 0 aliphatic heterocycles. The summed E-state index contributed by atoms with van der Waals surface area (Å²) in [7, 11) is 1.84. The number of ether oxygens (including phenoxy) is 1. The van der Waals surface area contributed by atoms with Crippen molar-refractivity contribution in [2.75, 3.05) is 7.11 Å². The predicted octanol–water partition coefficient (Wildman–Crippen LogP) is 3.24. The van der Waals surface area contributed by atoms with E-state index in [0.717, 1.165) is 11.8 Å². The smallest absolute Gasteiger partial charge is 0.0651 e. The third kappa shape index (κ3) is 2.22. The maximum atomic E-state index is 5.51. The van der Waals surface area contributed by atoms with Crippen molar-refractivity contribution >= 4 is 0 Å². The number of methoxy groups -OCH3 is 1. The predicted molar refractivity (Wildman–Crippen MR) is 52.2 cm³/mol. The van der Waals surface area contributed by atoms with E-state index in [2.05, 4.69) is 20.8 Å². The summed E-state index contributed by atoms with van der Waals surface area (Å²) in [6, 6.07) is 0. The van der Waals surface area contributed by atoms with Gasteiger partial charge in [0.05, 0.1) is 5.60 Å². The maximum Gasteiger partial charge on any atom is 0.0651 e. The molecule has 12 heavy (non-hydrogen) atoms. The molecule has 1 nitrogen and oxygen atoms in total. The molecule has 0 aromatic carbocycles. The van der Waals surface area contributed by atoms with E-state index in [0.29, 0.717) is 0 Å². The van der Waals surface area contributed by atoms with E-state index in [4.69, 9.17) is 4.74 Å². The highest BCUT2D eigenvalue weighted by Crippen LogP contribution is 2.37. The Balaban J connectivity index is 2.39. The first-order valence-corrected chi connectivity index (χ1v) is 5.12. The van der Waals surface area contributed by atoms with Crippen LogP contribution in [0.25, 0.3) is 0 Å². The van der Waals surface area contributed by atoms with Crippen LogP contribution >= 0.6 is 0 Å². The molecule has 0 aromatic heterocycles. The minimum absolute atomic E-state index is 0.186. The van der Waals surface area contributed by atoms with Crippen molar-refractivity contribution in [2.45, 2.75) is 52.1 Å². The second kappa shape index (κ2) is 3.78. The molecular weight excluding hydrogens is 148 g/mol. The topological polar surface area (TPSA) is 9.23 Å². The minimum Gasteiger partial charge on any atom is -0.379 e. The van der Waals surface area contributed by atoms with E-state index in [1.165, 1.54) is 25.7 Å². The van der Waals surface area contributed by atoms with Crippen LogP contribution in [0.15, 0.2) is 0 Å². The molecule has 1 saturated carbocycles. The van der Waals surface area contributed by atoms with Crippen molar-refractivity contribution in [3.05, 3.63) is 0 Å². The van der Waals surface area contributed by atoms with Crippen molar-refractivity contribution in [1.29, 1.82) is 0 Å². The van der Waals surface area contributed by atoms with Crippen LogP contribution in [0.2, 0.25) is 0 Å². The highest BCUT2D eigenvalue weighted by molar-refractivity contribution is 4.83. The highest BCUT2D eigenvalue weighted by atomic mass is 16.5. The Hall–Kier alpha value is -0.0400. The van der Waals surface area contributed by atoms with Gasteiger partial charge in [0.15, 0.2) is 0 Å². The molecule has 1 aliphatic rings. The van der Waals surface area contributed by atoms with E-state index in [9.17, 15) is 0 Å². The summed E-state index contributed by atoms with van der Waals surface area (Å²) >= 11 is 0. The van der Waals surface area contributed by atoms with E-state index in [1.807, 2.05) is 7.11 Å². The minimum atomic E-state index is 0.186. The summed E-state index contributed by atoms with van der Waals surface area (Å²) in [4.78, 5) is 0. The molecule has 0 unspecified atom stereocenters. The number of hydrogen-bond donors (Lipinski definition) is 0. The van der Waals surface area contributed by atoms with Crippen LogP contribution in [0.1, 0.15) is 46.5 Å². The Morgan fingerprint density at radius 2 is 1.75 bits per heavy atom. The standard InChI is InChI=1S/C11H22O/c1-9(2)10-5-7-11(3,12-4)8-6-10/h9-10H,5-8H2,1-4H3/t10-,11+. The van der Waals surface area contributed by atoms with Gasteiger partial charge in [0.1, 0.15) is 0 Å². The van der Waals surface area contributed by atoms with Gasteiger partial charge in [-0.2, -0.15) is 0 Å². The maximum absolute atomic E-state index is 5.51. The molecule has 0 saturated heterocycles. The summed E-state index contributed by atoms with van der Waals surface area (Å²) in [5, 5.41) is 0. The largest absolute Gasteiger partial charge is 0.379 e. The molecular formula is C11H22O. The molecule has 0 aromatic rings. The fraction of sp³-hybridized carbons (Fsp3) is 1.00. The van der Waals surface area contributed by atoms with Crippen LogP contribution in [0.5, 0.6) is 0 Å². The Morgan fingerprint density at radius 1 is 1.25 bits per heavy atom. The second-order valence-corrected chi connectivity index (χ2v) is 4.74. The molecule has 1 heteroatoms. The van der Waals surface area contributed by atoms with Crippen LogP contribution in [0, 0.1) is 11.8 Å². The van der Waals surface area contributed by atoms with Gasteiger partial charge in [-0.1, -0.05) is 13.8 Å². The van der Waals surface area contributed by atoms with Gasteiger partial charge in [0.2, 0.25) is 0 Å². The van der Waals surface area contributed by atoms with E-state index >= 15 is 0 Å². The van der Waals surface area contributed by atoms with Crippen LogP contribution < -0.4 is 0 Å². The Bertz CT molecular complexity index is 132. The fourth-order valence-corrected chi connectivity index (χ4v) is 2.12. The Labute approximate surface area is 76.5 Å². The van der Waals surface area contributed by atoms with Gasteiger partial charge in [0, 0.05) is 7.11 Å². The van der Waals surface area contributed by atoms with Gasteiger partial charge in [-0.15, -0.1) is 0 Å². The van der Waals surface area contributed by atoms with Crippen molar-refractivity contribution in [3.63, 3.8) is 0 Å². The molecule has 0 N–H and O–H groups in total. The molecule has 0 bridgehead atoms. The molecule has 0 spiro atoms. The van der Waals surface area contributed by atoms with Gasteiger partial charge >= 0.3 is 0 Å². The van der Waals surface area contributed by atoms with Crippen LogP contribution in [0.4, 0.5) is 0 Å². The van der Waals surface area contributed by atoms with E-state index < -0.39 is 0 Å². The monoisotopic (exact) mass is 170 g/mol. The quantitative estimate of drug-likeness (QED) is 0.618. The van der Waals surface area contributed by atoms with Gasteiger partial charge in [-0.25, -0.2) is 0 Å². The fourth-order valence-electron chi connectivity index (χ4n) is 2.12. The molecule has 0 heterocycles. The zero-order valence-electron chi connectivity index (χ0n) is 8.89. The zero-order valence-corrected chi connectivity index (χ0v) is 8.89. The van der Waals surface area contributed by atoms with Crippen LogP contribution in [-0.4, -0.2) is 12.7 Å². The first kappa shape index (κ1) is 10.0. The number of hydrogen-bond acceptors (Lipinski definition) is 1. The highest BCUT2D eigenvalue weighted by Gasteiger charge is 2.31. The van der Waals surface area contributed by atoms with E-state index in [1.54, 1.807) is 0 Å². The van der Waals surface area contributed by atoms with Crippen molar-refractivity contribution in [1.82, 2.24) is 0 Å². The normalized spacial score (nSPS) is 37.2. The zero-order chi connectivity index (χ0) is 9.19. The second-order valence-electron chi connectivity index (χ2n) is 4.74. The first-order valence-electron chi connectivity index (χ1n) is 5.12. The van der Waals surface area contributed by atoms with Crippen molar-refractivity contribution in [2.24, 2.45) is 11.8 Å². The SMILES string of the molecule is CO[C@]1(C)CC[C@H](C(C)C)CC1. The summed E-state index contributed by atoms with van der Waals surface area (Å²) in [5.74, 6) is 1.79. The lowest BCUT2D eigenvalue weighted by molar-refractivity contribution is -0.0381. The molecule has 0 amide bonds. The molecule has 1 fully saturated rings. The lowest BCUT2D eigenvalue weighted by atomic mass is 9.75. The van der Waals surface area contributed by atoms with Crippen molar-refractivity contribution in [3.8, 4) is 0 Å². The van der Waals surface area contributed by atoms with E-state index in [-0.39, 0.29) is 5.60 Å². The molecule has 72 valence electrons. The van der Waals surface area contributed by atoms with Crippen LogP contribution in [0.3, 0.4) is 0 Å². The first-order chi connectivity index (χ1) is 5.57. The molecule has 0 atom stereocenters. The van der Waals surface area contributed by atoms with Gasteiger partial charge < -0.3 is 4.74 Å². The third-order valence-corrected chi connectivity index (χ3v) is 3.52. The molecule has 0 radical (unpaired) electrons. The summed E-state index contributed by atoms with van der Waals surface area (Å²) < 4.78 is 5.51. The molecule has 1 rings (SSSR count). The Kier molecular flexibility index (Phi) is 3.16. The van der Waals surface area contributed by atoms with Gasteiger partial charge in [-0.3, -0.25) is 0 Å². The Morgan fingerprint density at radius 3 is 2.08 bits per heavy atom. The molecule has 1 aliphatic carbocycles. The third-order valence-electron chi connectivity index (χ3n) is 3.52. The average molecular weight is 170 g/mol. The van der Waals surface area contributed by atoms with Gasteiger partial charge in [-0.05, 0) is 44.4 Å². The lowest BCUT2D eigenvalue weighted by Gasteiger charge is -2.37.